The van der Waals surface area contributed by atoms with Crippen LogP contribution in [0.1, 0.15) is 22.9 Å². The van der Waals surface area contributed by atoms with Crippen LogP contribution in [0.2, 0.25) is 0 Å². The van der Waals surface area contributed by atoms with Gasteiger partial charge >= 0.3 is 0 Å². The highest BCUT2D eigenvalue weighted by Gasteiger charge is 2.18. The molecule has 0 bridgehead atoms. The number of hydrogen-bond donors (Lipinski definition) is 1. The lowest BCUT2D eigenvalue weighted by Gasteiger charge is -2.13. The minimum Gasteiger partial charge on any atom is -0.319 e. The van der Waals surface area contributed by atoms with Crippen LogP contribution >= 0.6 is 0 Å². The molecular weight excluding hydrogens is 224 g/mol. The summed E-state index contributed by atoms with van der Waals surface area (Å²) in [6, 6.07) is 3.74. The Morgan fingerprint density at radius 3 is 2.59 bits per heavy atom. The maximum atomic E-state index is 13.7. The molecule has 2 rings (SSSR count). The molecule has 5 heteroatoms. The van der Waals surface area contributed by atoms with Crippen LogP contribution in [-0.2, 0) is 0 Å². The molecule has 1 unspecified atom stereocenters. The van der Waals surface area contributed by atoms with E-state index >= 15 is 0 Å². The molecular formula is C12H11F2N3. The first-order chi connectivity index (χ1) is 8.11. The van der Waals surface area contributed by atoms with Gasteiger partial charge in [0.15, 0.2) is 11.6 Å². The molecule has 0 saturated heterocycles. The monoisotopic (exact) mass is 235 g/mol. The fourth-order valence-electron chi connectivity index (χ4n) is 1.55. The molecule has 1 aromatic heterocycles. The number of nitrogens with zero attached hydrogens (tertiary/aromatic N) is 2. The third-order valence-electron chi connectivity index (χ3n) is 2.56. The van der Waals surface area contributed by atoms with Crippen molar-refractivity contribution in [2.24, 2.45) is 5.73 Å². The van der Waals surface area contributed by atoms with Gasteiger partial charge in [0, 0.05) is 11.8 Å². The Kier molecular flexibility index (Phi) is 3.10. The van der Waals surface area contributed by atoms with E-state index in [1.807, 2.05) is 0 Å². The van der Waals surface area contributed by atoms with Gasteiger partial charge in [-0.1, -0.05) is 12.1 Å². The van der Waals surface area contributed by atoms with Crippen molar-refractivity contribution in [2.75, 3.05) is 0 Å². The Balaban J connectivity index is 2.45. The molecule has 1 heterocycles. The van der Waals surface area contributed by atoms with E-state index in [0.29, 0.717) is 5.69 Å². The lowest BCUT2D eigenvalue weighted by atomic mass is 10.0. The van der Waals surface area contributed by atoms with Crippen LogP contribution in [0, 0.1) is 18.6 Å². The normalized spacial score (nSPS) is 12.5. The van der Waals surface area contributed by atoms with Gasteiger partial charge in [-0.25, -0.2) is 18.7 Å². The Morgan fingerprint density at radius 2 is 1.94 bits per heavy atom. The van der Waals surface area contributed by atoms with Crippen molar-refractivity contribution >= 4 is 0 Å². The molecule has 2 N–H and O–H groups in total. The standard InChI is InChI=1S/C12H11F2N3/c1-7-2-3-8(11(14)10(7)13)12(15)9-4-5-16-6-17-9/h2-6,12H,15H2,1H3. The molecule has 1 aromatic carbocycles. The van der Waals surface area contributed by atoms with Gasteiger partial charge in [-0.15, -0.1) is 0 Å². The van der Waals surface area contributed by atoms with Crippen molar-refractivity contribution in [1.29, 1.82) is 0 Å². The summed E-state index contributed by atoms with van der Waals surface area (Å²) in [6.07, 6.45) is 2.82. The highest BCUT2D eigenvalue weighted by Crippen LogP contribution is 2.23. The third kappa shape index (κ3) is 2.14. The van der Waals surface area contributed by atoms with E-state index in [0.717, 1.165) is 0 Å². The molecule has 0 fully saturated rings. The highest BCUT2D eigenvalue weighted by atomic mass is 19.2. The maximum absolute atomic E-state index is 13.7. The lowest BCUT2D eigenvalue weighted by molar-refractivity contribution is 0.488. The zero-order valence-corrected chi connectivity index (χ0v) is 9.19. The van der Waals surface area contributed by atoms with Crippen molar-refractivity contribution in [3.8, 4) is 0 Å². The Bertz CT molecular complexity index is 529. The summed E-state index contributed by atoms with van der Waals surface area (Å²) in [6.45, 7) is 1.50. The molecule has 0 amide bonds. The van der Waals surface area contributed by atoms with Gasteiger partial charge in [-0.05, 0) is 18.6 Å². The number of nitrogens with two attached hydrogens (primary N) is 1. The lowest BCUT2D eigenvalue weighted by Crippen LogP contribution is -2.16. The second kappa shape index (κ2) is 4.55. The van der Waals surface area contributed by atoms with Gasteiger partial charge in [0.25, 0.3) is 0 Å². The van der Waals surface area contributed by atoms with Crippen LogP contribution in [-0.4, -0.2) is 9.97 Å². The van der Waals surface area contributed by atoms with Crippen LogP contribution in [0.5, 0.6) is 0 Å². The van der Waals surface area contributed by atoms with Crippen LogP contribution in [0.25, 0.3) is 0 Å². The molecule has 0 spiro atoms. The largest absolute Gasteiger partial charge is 0.319 e. The van der Waals surface area contributed by atoms with Crippen LogP contribution in [0.3, 0.4) is 0 Å². The first-order valence-corrected chi connectivity index (χ1v) is 5.07. The smallest absolute Gasteiger partial charge is 0.164 e. The van der Waals surface area contributed by atoms with Crippen molar-refractivity contribution < 1.29 is 8.78 Å². The Hall–Kier alpha value is -1.88. The SMILES string of the molecule is Cc1ccc(C(N)c2ccncn2)c(F)c1F. The molecule has 0 aliphatic rings. The van der Waals surface area contributed by atoms with E-state index < -0.39 is 17.7 Å². The predicted molar refractivity (Wildman–Crippen MR) is 59.2 cm³/mol. The van der Waals surface area contributed by atoms with Crippen molar-refractivity contribution in [3.63, 3.8) is 0 Å². The van der Waals surface area contributed by atoms with Crippen LogP contribution in [0.4, 0.5) is 8.78 Å². The number of hydrogen-bond acceptors (Lipinski definition) is 3. The first-order valence-electron chi connectivity index (χ1n) is 5.07. The quantitative estimate of drug-likeness (QED) is 0.867. The summed E-state index contributed by atoms with van der Waals surface area (Å²) in [5.41, 5.74) is 6.63. The Morgan fingerprint density at radius 1 is 1.18 bits per heavy atom. The summed E-state index contributed by atoms with van der Waals surface area (Å²) >= 11 is 0. The van der Waals surface area contributed by atoms with Crippen LogP contribution < -0.4 is 5.73 Å². The van der Waals surface area contributed by atoms with Gasteiger partial charge in [-0.2, -0.15) is 0 Å². The maximum Gasteiger partial charge on any atom is 0.164 e. The van der Waals surface area contributed by atoms with E-state index in [-0.39, 0.29) is 11.1 Å². The number of rotatable bonds is 2. The molecule has 0 saturated carbocycles. The Labute approximate surface area is 97.3 Å². The zero-order chi connectivity index (χ0) is 12.4. The molecule has 0 aliphatic carbocycles. The van der Waals surface area contributed by atoms with Gasteiger partial charge in [0.1, 0.15) is 6.33 Å². The van der Waals surface area contributed by atoms with E-state index in [4.69, 9.17) is 5.73 Å². The van der Waals surface area contributed by atoms with Gasteiger partial charge in [0.2, 0.25) is 0 Å². The highest BCUT2D eigenvalue weighted by molar-refractivity contribution is 5.31. The fraction of sp³-hybridized carbons (Fsp3) is 0.167. The van der Waals surface area contributed by atoms with E-state index in [1.54, 1.807) is 6.07 Å². The average molecular weight is 235 g/mol. The molecule has 3 nitrogen and oxygen atoms in total. The first kappa shape index (κ1) is 11.6. The van der Waals surface area contributed by atoms with Gasteiger partial charge < -0.3 is 5.73 Å². The number of halogens is 2. The van der Waals surface area contributed by atoms with Crippen molar-refractivity contribution in [2.45, 2.75) is 13.0 Å². The fourth-order valence-corrected chi connectivity index (χ4v) is 1.55. The van der Waals surface area contributed by atoms with E-state index in [9.17, 15) is 8.78 Å². The molecule has 1 atom stereocenters. The summed E-state index contributed by atoms with van der Waals surface area (Å²) in [7, 11) is 0. The summed E-state index contributed by atoms with van der Waals surface area (Å²) < 4.78 is 27.1. The molecule has 0 radical (unpaired) electrons. The topological polar surface area (TPSA) is 51.8 Å². The van der Waals surface area contributed by atoms with Crippen molar-refractivity contribution in [3.05, 3.63) is 59.2 Å². The number of aryl methyl sites for hydroxylation is 1. The summed E-state index contributed by atoms with van der Waals surface area (Å²) in [4.78, 5) is 7.66. The molecule has 2 aromatic rings. The van der Waals surface area contributed by atoms with Crippen LogP contribution in [0.15, 0.2) is 30.7 Å². The summed E-state index contributed by atoms with van der Waals surface area (Å²) in [5, 5.41) is 0. The molecule has 0 aliphatic heterocycles. The van der Waals surface area contributed by atoms with E-state index in [2.05, 4.69) is 9.97 Å². The van der Waals surface area contributed by atoms with E-state index in [1.165, 1.54) is 31.6 Å². The molecule has 17 heavy (non-hydrogen) atoms. The zero-order valence-electron chi connectivity index (χ0n) is 9.19. The van der Waals surface area contributed by atoms with Gasteiger partial charge in [-0.3, -0.25) is 0 Å². The van der Waals surface area contributed by atoms with Crippen molar-refractivity contribution in [1.82, 2.24) is 9.97 Å². The second-order valence-corrected chi connectivity index (χ2v) is 3.71. The summed E-state index contributed by atoms with van der Waals surface area (Å²) in [5.74, 6) is -1.79. The number of aromatic nitrogens is 2. The molecule has 88 valence electrons. The third-order valence-corrected chi connectivity index (χ3v) is 2.56. The average Bonchev–Trinajstić information content (AvgIpc) is 2.36. The number of benzene rings is 1. The van der Waals surface area contributed by atoms with Gasteiger partial charge in [0.05, 0.1) is 11.7 Å². The predicted octanol–water partition coefficient (Wildman–Crippen LogP) is 2.11. The minimum absolute atomic E-state index is 0.0896. The minimum atomic E-state index is -0.920. The second-order valence-electron chi connectivity index (χ2n) is 3.71.